The molecule has 0 fully saturated rings. The average molecular weight is 431 g/mol. The largest absolute Gasteiger partial charge is 0.358 e. The number of benzene rings is 2. The predicted molar refractivity (Wildman–Crippen MR) is 125 cm³/mol. The van der Waals surface area contributed by atoms with Crippen LogP contribution in [0.2, 0.25) is 0 Å². The van der Waals surface area contributed by atoms with E-state index in [2.05, 4.69) is 75.1 Å². The molecule has 3 aromatic rings. The van der Waals surface area contributed by atoms with Crippen LogP contribution in [0, 0.1) is 0 Å². The number of nitrogens with zero attached hydrogens (tertiary/aromatic N) is 4. The first-order chi connectivity index (χ1) is 13.4. The Hall–Kier alpha value is -2.30. The van der Waals surface area contributed by atoms with Gasteiger partial charge in [0.25, 0.3) is 0 Å². The van der Waals surface area contributed by atoms with E-state index in [1.165, 1.54) is 17.0 Å². The molecule has 6 heteroatoms. The first-order valence-electron chi connectivity index (χ1n) is 9.74. The van der Waals surface area contributed by atoms with E-state index in [1.54, 1.807) is 0 Å². The summed E-state index contributed by atoms with van der Waals surface area (Å²) in [5, 5.41) is 0. The number of hydrogen-bond acceptors (Lipinski definition) is 3. The molecule has 4 rings (SSSR count). The summed E-state index contributed by atoms with van der Waals surface area (Å²) < 4.78 is 2.15. The molecule has 1 aliphatic rings. The van der Waals surface area contributed by atoms with Crippen LogP contribution in [0.25, 0.3) is 0 Å². The Morgan fingerprint density at radius 2 is 1.66 bits per heavy atom. The summed E-state index contributed by atoms with van der Waals surface area (Å²) in [6.07, 6.45) is 8.03. The van der Waals surface area contributed by atoms with Gasteiger partial charge in [0.2, 0.25) is 0 Å². The van der Waals surface area contributed by atoms with E-state index in [0.29, 0.717) is 0 Å². The van der Waals surface area contributed by atoms with Gasteiger partial charge in [-0.1, -0.05) is 60.7 Å². The summed E-state index contributed by atoms with van der Waals surface area (Å²) in [4.78, 5) is 11.6. The fourth-order valence-corrected chi connectivity index (χ4v) is 3.80. The average Bonchev–Trinajstić information content (AvgIpc) is 3.40. The number of aryl methyl sites for hydroxylation is 1. The molecule has 29 heavy (non-hydrogen) atoms. The Kier molecular flexibility index (Phi) is 9.23. The summed E-state index contributed by atoms with van der Waals surface area (Å²) >= 11 is 0. The third-order valence-electron chi connectivity index (χ3n) is 5.17. The third-order valence-corrected chi connectivity index (χ3v) is 5.17. The van der Waals surface area contributed by atoms with E-state index in [0.717, 1.165) is 39.0 Å². The normalized spacial score (nSPS) is 13.9. The minimum Gasteiger partial charge on any atom is -0.358 e. The molecule has 1 unspecified atom stereocenters. The van der Waals surface area contributed by atoms with Crippen molar-refractivity contribution in [1.82, 2.24) is 14.5 Å². The zero-order valence-corrected chi connectivity index (χ0v) is 18.1. The highest BCUT2D eigenvalue weighted by Gasteiger charge is 2.26. The fraction of sp³-hybridized carbons (Fsp3) is 0.304. The van der Waals surface area contributed by atoms with Gasteiger partial charge in [0.15, 0.2) is 0 Å². The highest BCUT2D eigenvalue weighted by molar-refractivity contribution is 5.90. The second-order valence-electron chi connectivity index (χ2n) is 7.04. The van der Waals surface area contributed by atoms with Gasteiger partial charge in [0, 0.05) is 32.0 Å². The van der Waals surface area contributed by atoms with Crippen LogP contribution < -0.4 is 0 Å². The molecule has 1 atom stereocenters. The van der Waals surface area contributed by atoms with E-state index < -0.39 is 0 Å². The SMILES string of the molecule is Cl.Cl.c1ccc(CCCN2CCN=C2C(Cn2ccnc2)c2ccccc2)cc1. The van der Waals surface area contributed by atoms with Crippen LogP contribution in [-0.4, -0.2) is 39.9 Å². The molecule has 0 aliphatic carbocycles. The van der Waals surface area contributed by atoms with Gasteiger partial charge in [0.1, 0.15) is 5.84 Å². The van der Waals surface area contributed by atoms with E-state index in [9.17, 15) is 0 Å². The highest BCUT2D eigenvalue weighted by Crippen LogP contribution is 2.24. The first-order valence-corrected chi connectivity index (χ1v) is 9.74. The van der Waals surface area contributed by atoms with Gasteiger partial charge >= 0.3 is 0 Å². The molecule has 2 heterocycles. The third kappa shape index (κ3) is 6.09. The van der Waals surface area contributed by atoms with Gasteiger partial charge in [-0.2, -0.15) is 0 Å². The molecular formula is C23H28Cl2N4. The monoisotopic (exact) mass is 430 g/mol. The Morgan fingerprint density at radius 3 is 2.34 bits per heavy atom. The number of aliphatic imine (C=N–C) groups is 1. The van der Waals surface area contributed by atoms with Gasteiger partial charge in [-0.05, 0) is 24.0 Å². The summed E-state index contributed by atoms with van der Waals surface area (Å²) in [6, 6.07) is 21.5. The lowest BCUT2D eigenvalue weighted by Gasteiger charge is -2.27. The van der Waals surface area contributed by atoms with Gasteiger partial charge in [-0.15, -0.1) is 24.8 Å². The summed E-state index contributed by atoms with van der Waals surface area (Å²) in [7, 11) is 0. The molecule has 1 aromatic heterocycles. The molecule has 2 aromatic carbocycles. The summed E-state index contributed by atoms with van der Waals surface area (Å²) in [5.41, 5.74) is 2.73. The molecule has 1 aliphatic heterocycles. The number of aromatic nitrogens is 2. The quantitative estimate of drug-likeness (QED) is 0.511. The van der Waals surface area contributed by atoms with Crippen LogP contribution in [0.1, 0.15) is 23.5 Å². The standard InChI is InChI=1S/C23H26N4.2ClH/c1-3-8-20(9-4-1)10-7-15-27-17-14-25-23(27)22(18-26-16-13-24-19-26)21-11-5-2-6-12-21;;/h1-6,8-9,11-13,16,19,22H,7,10,14-15,17-18H2;2*1H. The van der Waals surface area contributed by atoms with Crippen molar-refractivity contribution >= 4 is 30.6 Å². The van der Waals surface area contributed by atoms with Crippen molar-refractivity contribution in [2.24, 2.45) is 4.99 Å². The van der Waals surface area contributed by atoms with Crippen LogP contribution in [0.4, 0.5) is 0 Å². The number of hydrogen-bond donors (Lipinski definition) is 0. The van der Waals surface area contributed by atoms with Crippen molar-refractivity contribution in [2.45, 2.75) is 25.3 Å². The van der Waals surface area contributed by atoms with Crippen molar-refractivity contribution in [3.05, 3.63) is 90.5 Å². The van der Waals surface area contributed by atoms with Gasteiger partial charge in [0.05, 0.1) is 18.8 Å². The van der Waals surface area contributed by atoms with E-state index in [4.69, 9.17) is 4.99 Å². The van der Waals surface area contributed by atoms with Crippen molar-refractivity contribution in [1.29, 1.82) is 0 Å². The number of imidazole rings is 1. The minimum absolute atomic E-state index is 0. The maximum Gasteiger partial charge on any atom is 0.108 e. The number of amidine groups is 1. The molecule has 4 nitrogen and oxygen atoms in total. The lowest BCUT2D eigenvalue weighted by molar-refractivity contribution is 0.427. The topological polar surface area (TPSA) is 33.4 Å². The van der Waals surface area contributed by atoms with Crippen LogP contribution >= 0.6 is 24.8 Å². The molecule has 0 spiro atoms. The van der Waals surface area contributed by atoms with E-state index in [-0.39, 0.29) is 30.7 Å². The first kappa shape index (κ1) is 23.0. The second kappa shape index (κ2) is 11.6. The van der Waals surface area contributed by atoms with Gasteiger partial charge < -0.3 is 9.47 Å². The van der Waals surface area contributed by atoms with Crippen molar-refractivity contribution in [2.75, 3.05) is 19.6 Å². The van der Waals surface area contributed by atoms with E-state index in [1.807, 2.05) is 18.7 Å². The zero-order chi connectivity index (χ0) is 18.3. The lowest BCUT2D eigenvalue weighted by atomic mass is 9.96. The van der Waals surface area contributed by atoms with Gasteiger partial charge in [-0.25, -0.2) is 4.98 Å². The smallest absolute Gasteiger partial charge is 0.108 e. The molecule has 0 radical (unpaired) electrons. The fourth-order valence-electron chi connectivity index (χ4n) is 3.80. The van der Waals surface area contributed by atoms with Gasteiger partial charge in [-0.3, -0.25) is 4.99 Å². The summed E-state index contributed by atoms with van der Waals surface area (Å²) in [5.74, 6) is 1.49. The Bertz CT molecular complexity index is 851. The number of rotatable bonds is 8. The molecule has 0 saturated carbocycles. The van der Waals surface area contributed by atoms with Crippen molar-refractivity contribution in [3.63, 3.8) is 0 Å². The maximum absolute atomic E-state index is 4.91. The van der Waals surface area contributed by atoms with Crippen LogP contribution in [0.3, 0.4) is 0 Å². The van der Waals surface area contributed by atoms with Crippen LogP contribution in [0.15, 0.2) is 84.4 Å². The predicted octanol–water partition coefficient (Wildman–Crippen LogP) is 4.86. The molecule has 154 valence electrons. The molecule has 0 amide bonds. The van der Waals surface area contributed by atoms with Crippen LogP contribution in [-0.2, 0) is 13.0 Å². The highest BCUT2D eigenvalue weighted by atomic mass is 35.5. The minimum atomic E-state index is 0. The Morgan fingerprint density at radius 1 is 0.931 bits per heavy atom. The number of halogens is 2. The summed E-state index contributed by atoms with van der Waals surface area (Å²) in [6.45, 7) is 3.85. The molecule has 0 N–H and O–H groups in total. The molecule has 0 bridgehead atoms. The molecule has 0 saturated heterocycles. The second-order valence-corrected chi connectivity index (χ2v) is 7.04. The van der Waals surface area contributed by atoms with Crippen LogP contribution in [0.5, 0.6) is 0 Å². The van der Waals surface area contributed by atoms with Crippen molar-refractivity contribution in [3.8, 4) is 0 Å². The van der Waals surface area contributed by atoms with Crippen molar-refractivity contribution < 1.29 is 0 Å². The Balaban J connectivity index is 0.00000150. The Labute approximate surface area is 185 Å². The zero-order valence-electron chi connectivity index (χ0n) is 16.4. The maximum atomic E-state index is 4.91. The lowest BCUT2D eigenvalue weighted by Crippen LogP contribution is -2.34. The van der Waals surface area contributed by atoms with E-state index >= 15 is 0 Å². The molecular weight excluding hydrogens is 403 g/mol.